The summed E-state index contributed by atoms with van der Waals surface area (Å²) in [5, 5.41) is 3.81. The first-order chi connectivity index (χ1) is 6.76. The summed E-state index contributed by atoms with van der Waals surface area (Å²) in [7, 11) is 0. The van der Waals surface area contributed by atoms with Crippen LogP contribution in [0.15, 0.2) is 5.11 Å². The molecule has 4 aliphatic carbocycles. The van der Waals surface area contributed by atoms with E-state index in [1.807, 2.05) is 0 Å². The van der Waals surface area contributed by atoms with Crippen LogP contribution in [0.1, 0.15) is 32.1 Å². The Morgan fingerprint density at radius 3 is 2.36 bits per heavy atom. The van der Waals surface area contributed by atoms with E-state index in [4.69, 9.17) is 16.3 Å². The third kappa shape index (κ3) is 1.01. The van der Waals surface area contributed by atoms with E-state index in [2.05, 4.69) is 5.11 Å². The number of hydrogen-bond acceptors (Lipinski definition) is 4. The summed E-state index contributed by atoms with van der Waals surface area (Å²) >= 11 is 0. The van der Waals surface area contributed by atoms with Gasteiger partial charge in [0.2, 0.25) is 0 Å². The van der Waals surface area contributed by atoms with Gasteiger partial charge in [-0.2, -0.15) is 5.11 Å². The summed E-state index contributed by atoms with van der Waals surface area (Å²) < 4.78 is 0. The van der Waals surface area contributed by atoms with Crippen LogP contribution in [0.3, 0.4) is 0 Å². The van der Waals surface area contributed by atoms with E-state index >= 15 is 0 Å². The van der Waals surface area contributed by atoms with E-state index < -0.39 is 0 Å². The Labute approximate surface area is 83.7 Å². The molecule has 5 atom stereocenters. The molecule has 4 aliphatic rings. The molecule has 4 bridgehead atoms. The van der Waals surface area contributed by atoms with Crippen molar-refractivity contribution in [3.8, 4) is 0 Å². The van der Waals surface area contributed by atoms with E-state index in [0.717, 1.165) is 25.2 Å². The number of nitrogens with zero attached hydrogens (tertiary/aromatic N) is 1. The molecule has 14 heavy (non-hydrogen) atoms. The highest BCUT2D eigenvalue weighted by molar-refractivity contribution is 5.08. The Balaban J connectivity index is 1.91. The third-order valence-electron chi connectivity index (χ3n) is 4.57. The highest BCUT2D eigenvalue weighted by Crippen LogP contribution is 2.57. The molecule has 0 aromatic carbocycles. The van der Waals surface area contributed by atoms with E-state index in [1.165, 1.54) is 12.8 Å². The molecule has 0 spiro atoms. The van der Waals surface area contributed by atoms with Crippen LogP contribution >= 0.6 is 0 Å². The van der Waals surface area contributed by atoms with Gasteiger partial charge in [0.05, 0.1) is 11.6 Å². The molecule has 0 amide bonds. The lowest BCUT2D eigenvalue weighted by Gasteiger charge is -2.57. The molecule has 4 heteroatoms. The molecule has 3 N–H and O–H groups in total. The number of nitrogens with one attached hydrogen (secondary N) is 1. The van der Waals surface area contributed by atoms with Crippen molar-refractivity contribution in [3.05, 3.63) is 0 Å². The summed E-state index contributed by atoms with van der Waals surface area (Å²) in [5.74, 6) is 7.37. The van der Waals surface area contributed by atoms with E-state index in [1.54, 1.807) is 0 Å². The maximum absolute atomic E-state index is 7.25. The lowest BCUT2D eigenvalue weighted by molar-refractivity contribution is -0.171. The average molecular weight is 195 g/mol. The predicted molar refractivity (Wildman–Crippen MR) is 50.5 cm³/mol. The molecule has 4 rings (SSSR count). The summed E-state index contributed by atoms with van der Waals surface area (Å²) in [6.07, 6.45) is 5.69. The molecule has 4 nitrogen and oxygen atoms in total. The van der Waals surface area contributed by atoms with Crippen molar-refractivity contribution in [2.45, 2.75) is 43.7 Å². The van der Waals surface area contributed by atoms with Crippen molar-refractivity contribution < 1.29 is 4.84 Å². The van der Waals surface area contributed by atoms with Crippen LogP contribution in [0, 0.1) is 23.3 Å². The number of nitrogens with two attached hydrogens (primary N) is 1. The van der Waals surface area contributed by atoms with Crippen molar-refractivity contribution in [2.24, 2.45) is 28.8 Å². The molecule has 2 unspecified atom stereocenters. The minimum atomic E-state index is -0.0440. The molecular weight excluding hydrogens is 178 g/mol. The molecule has 0 radical (unpaired) electrons. The van der Waals surface area contributed by atoms with Crippen molar-refractivity contribution in [1.29, 1.82) is 5.53 Å². The fraction of sp³-hybridized carbons (Fsp3) is 1.00. The molecule has 0 saturated heterocycles. The predicted octanol–water partition coefficient (Wildman–Crippen LogP) is 1.85. The second-order valence-corrected chi connectivity index (χ2v) is 5.39. The molecule has 0 aromatic rings. The SMILES string of the molecule is N=N[C@@H]1C2CC3C[C@H]1C[C@@](ON)(C3)C2. The molecule has 0 aromatic heterocycles. The van der Waals surface area contributed by atoms with Gasteiger partial charge < -0.3 is 0 Å². The van der Waals surface area contributed by atoms with Crippen molar-refractivity contribution in [1.82, 2.24) is 0 Å². The Hall–Kier alpha value is -0.480. The van der Waals surface area contributed by atoms with Crippen LogP contribution in [0.4, 0.5) is 0 Å². The quantitative estimate of drug-likeness (QED) is 0.521. The van der Waals surface area contributed by atoms with Crippen LogP contribution in [-0.4, -0.2) is 11.6 Å². The smallest absolute Gasteiger partial charge is 0.0903 e. The maximum atomic E-state index is 7.25. The average Bonchev–Trinajstić information content (AvgIpc) is 2.17. The van der Waals surface area contributed by atoms with Gasteiger partial charge in [0.25, 0.3) is 0 Å². The van der Waals surface area contributed by atoms with Gasteiger partial charge in [-0.1, -0.05) is 0 Å². The molecule has 4 fully saturated rings. The Morgan fingerprint density at radius 2 is 1.86 bits per heavy atom. The first kappa shape index (κ1) is 8.80. The summed E-state index contributed by atoms with van der Waals surface area (Å²) in [6, 6.07) is 0.273. The maximum Gasteiger partial charge on any atom is 0.0903 e. The van der Waals surface area contributed by atoms with Gasteiger partial charge in [0.15, 0.2) is 0 Å². The second kappa shape index (κ2) is 2.76. The van der Waals surface area contributed by atoms with E-state index in [9.17, 15) is 0 Å². The van der Waals surface area contributed by atoms with Crippen LogP contribution < -0.4 is 5.90 Å². The Kier molecular flexibility index (Phi) is 1.74. The first-order valence-electron chi connectivity index (χ1n) is 5.51. The minimum Gasteiger partial charge on any atom is -0.298 e. The minimum absolute atomic E-state index is 0.0440. The highest BCUT2D eigenvalue weighted by atomic mass is 16.6. The van der Waals surface area contributed by atoms with Gasteiger partial charge in [0, 0.05) is 0 Å². The molecule has 4 saturated carbocycles. The zero-order chi connectivity index (χ0) is 9.76. The highest BCUT2D eigenvalue weighted by Gasteiger charge is 2.56. The largest absolute Gasteiger partial charge is 0.298 e. The van der Waals surface area contributed by atoms with Gasteiger partial charge in [0.1, 0.15) is 0 Å². The van der Waals surface area contributed by atoms with Crippen LogP contribution in [0.2, 0.25) is 0 Å². The lowest BCUT2D eigenvalue weighted by Crippen LogP contribution is -2.58. The summed E-state index contributed by atoms with van der Waals surface area (Å²) in [5.41, 5.74) is 7.21. The Morgan fingerprint density at radius 1 is 1.21 bits per heavy atom. The van der Waals surface area contributed by atoms with Crippen molar-refractivity contribution in [2.75, 3.05) is 0 Å². The normalized spacial score (nSPS) is 54.9. The summed E-state index contributed by atoms with van der Waals surface area (Å²) in [6.45, 7) is 0. The van der Waals surface area contributed by atoms with Crippen LogP contribution in [0.25, 0.3) is 0 Å². The van der Waals surface area contributed by atoms with Gasteiger partial charge in [-0.15, -0.1) is 0 Å². The van der Waals surface area contributed by atoms with Gasteiger partial charge in [-0.3, -0.25) is 4.84 Å². The van der Waals surface area contributed by atoms with E-state index in [0.29, 0.717) is 11.8 Å². The van der Waals surface area contributed by atoms with Crippen molar-refractivity contribution in [3.63, 3.8) is 0 Å². The topological polar surface area (TPSA) is 71.5 Å². The molecule has 0 heterocycles. The number of hydrogen-bond donors (Lipinski definition) is 2. The van der Waals surface area contributed by atoms with Gasteiger partial charge >= 0.3 is 0 Å². The zero-order valence-corrected chi connectivity index (χ0v) is 8.28. The van der Waals surface area contributed by atoms with Gasteiger partial charge in [-0.25, -0.2) is 11.4 Å². The summed E-state index contributed by atoms with van der Waals surface area (Å²) in [4.78, 5) is 5.24. The second-order valence-electron chi connectivity index (χ2n) is 5.39. The fourth-order valence-electron chi connectivity index (χ4n) is 4.28. The van der Waals surface area contributed by atoms with Gasteiger partial charge in [-0.05, 0) is 49.9 Å². The monoisotopic (exact) mass is 195 g/mol. The zero-order valence-electron chi connectivity index (χ0n) is 8.28. The third-order valence-corrected chi connectivity index (χ3v) is 4.57. The van der Waals surface area contributed by atoms with E-state index in [-0.39, 0.29) is 11.6 Å². The van der Waals surface area contributed by atoms with Crippen LogP contribution in [0.5, 0.6) is 0 Å². The molecule has 78 valence electrons. The molecule has 0 aliphatic heterocycles. The molecular formula is C10H17N3O. The van der Waals surface area contributed by atoms with Crippen molar-refractivity contribution >= 4 is 0 Å². The fourth-order valence-corrected chi connectivity index (χ4v) is 4.28. The standard InChI is InChI=1S/C10H17N3O/c11-13-9-7-1-6-2-8(9)5-10(3-6,4-7)14-12/h6-9,11H,1-5,12H2/t6?,7-,8?,9-,10-/m0/s1. The number of rotatable bonds is 2. The Bertz CT molecular complexity index is 252. The first-order valence-corrected chi connectivity index (χ1v) is 5.51. The van der Waals surface area contributed by atoms with Crippen LogP contribution in [-0.2, 0) is 4.84 Å². The lowest BCUT2D eigenvalue weighted by atomic mass is 9.52.